The van der Waals surface area contributed by atoms with E-state index in [1.54, 1.807) is 18.2 Å². The number of phenolic OH excluding ortho intramolecular Hbond substituents is 1. The average Bonchev–Trinajstić information content (AvgIpc) is 3.21. The Labute approximate surface area is 204 Å². The highest BCUT2D eigenvalue weighted by Crippen LogP contribution is 2.47. The SMILES string of the molecule is COC(=O)c1ccc2nn(-c3cc(C(C)(C)C)c(Cl)c(C(C)(C)c4ccccc4)c3O)nc2c1. The Bertz CT molecular complexity index is 1390. The summed E-state index contributed by atoms with van der Waals surface area (Å²) in [6, 6.07) is 16.7. The number of esters is 1. The number of methoxy groups -OCH3 is 1. The lowest BCUT2D eigenvalue weighted by atomic mass is 9.74. The summed E-state index contributed by atoms with van der Waals surface area (Å²) in [4.78, 5) is 13.3. The van der Waals surface area contributed by atoms with Crippen LogP contribution in [0.1, 0.15) is 61.7 Å². The highest BCUT2D eigenvalue weighted by Gasteiger charge is 2.34. The average molecular weight is 478 g/mol. The van der Waals surface area contributed by atoms with E-state index >= 15 is 0 Å². The number of carbonyl (C=O) groups is 1. The third-order valence-electron chi connectivity index (χ3n) is 6.16. The van der Waals surface area contributed by atoms with Gasteiger partial charge in [0.25, 0.3) is 0 Å². The van der Waals surface area contributed by atoms with Crippen LogP contribution in [0.3, 0.4) is 0 Å². The first-order chi connectivity index (χ1) is 15.9. The van der Waals surface area contributed by atoms with Crippen LogP contribution in [-0.2, 0) is 15.6 Å². The second-order valence-corrected chi connectivity index (χ2v) is 10.3. The molecular weight excluding hydrogens is 450 g/mol. The van der Waals surface area contributed by atoms with E-state index in [4.69, 9.17) is 16.3 Å². The lowest BCUT2D eigenvalue weighted by Crippen LogP contribution is -2.23. The van der Waals surface area contributed by atoms with Crippen LogP contribution < -0.4 is 0 Å². The number of rotatable bonds is 4. The van der Waals surface area contributed by atoms with Crippen LogP contribution in [0.2, 0.25) is 5.02 Å². The minimum Gasteiger partial charge on any atom is -0.505 e. The summed E-state index contributed by atoms with van der Waals surface area (Å²) >= 11 is 6.98. The normalized spacial score (nSPS) is 12.2. The fraction of sp³-hybridized carbons (Fsp3) is 0.296. The van der Waals surface area contributed by atoms with Crippen molar-refractivity contribution in [3.63, 3.8) is 0 Å². The second-order valence-electron chi connectivity index (χ2n) is 9.91. The molecule has 7 heteroatoms. The smallest absolute Gasteiger partial charge is 0.337 e. The van der Waals surface area contributed by atoms with Gasteiger partial charge in [0.2, 0.25) is 0 Å². The predicted molar refractivity (Wildman–Crippen MR) is 134 cm³/mol. The van der Waals surface area contributed by atoms with E-state index in [2.05, 4.69) is 31.0 Å². The number of carbonyl (C=O) groups excluding carboxylic acids is 1. The predicted octanol–water partition coefficient (Wildman–Crippen LogP) is 6.19. The number of hydrogen-bond acceptors (Lipinski definition) is 5. The first-order valence-corrected chi connectivity index (χ1v) is 11.4. The quantitative estimate of drug-likeness (QED) is 0.354. The van der Waals surface area contributed by atoms with Gasteiger partial charge in [0.1, 0.15) is 22.5 Å². The molecule has 0 amide bonds. The first kappa shape index (κ1) is 23.8. The van der Waals surface area contributed by atoms with Crippen molar-refractivity contribution in [2.45, 2.75) is 45.4 Å². The highest BCUT2D eigenvalue weighted by atomic mass is 35.5. The fourth-order valence-electron chi connectivity index (χ4n) is 4.17. The Balaban J connectivity index is 1.99. The molecule has 1 aromatic heterocycles. The molecule has 0 saturated carbocycles. The molecule has 0 atom stereocenters. The Morgan fingerprint density at radius 2 is 1.62 bits per heavy atom. The summed E-state index contributed by atoms with van der Waals surface area (Å²) in [5.74, 6) is -0.437. The van der Waals surface area contributed by atoms with E-state index in [0.717, 1.165) is 11.1 Å². The van der Waals surface area contributed by atoms with E-state index in [9.17, 15) is 9.90 Å². The molecule has 34 heavy (non-hydrogen) atoms. The van der Waals surface area contributed by atoms with Crippen molar-refractivity contribution in [1.29, 1.82) is 0 Å². The minimum absolute atomic E-state index is 0.0142. The van der Waals surface area contributed by atoms with Gasteiger partial charge >= 0.3 is 5.97 Å². The summed E-state index contributed by atoms with van der Waals surface area (Å²) in [6.45, 7) is 10.3. The molecule has 0 aliphatic rings. The first-order valence-electron chi connectivity index (χ1n) is 11.0. The van der Waals surface area contributed by atoms with Gasteiger partial charge in [-0.05, 0) is 40.8 Å². The van der Waals surface area contributed by atoms with Crippen LogP contribution in [0.25, 0.3) is 16.7 Å². The second kappa shape index (κ2) is 8.44. The largest absolute Gasteiger partial charge is 0.505 e. The van der Waals surface area contributed by atoms with Gasteiger partial charge in [-0.2, -0.15) is 0 Å². The molecule has 0 saturated heterocycles. The lowest BCUT2D eigenvalue weighted by molar-refractivity contribution is 0.0601. The summed E-state index contributed by atoms with van der Waals surface area (Å²) in [5, 5.41) is 21.2. The summed E-state index contributed by atoms with van der Waals surface area (Å²) in [5.41, 5.74) is 3.51. The third-order valence-corrected chi connectivity index (χ3v) is 6.55. The van der Waals surface area contributed by atoms with Crippen molar-refractivity contribution in [2.24, 2.45) is 0 Å². The standard InChI is InChI=1S/C27H28ClN3O3/c1-26(2,3)18-15-21(31-29-19-13-12-16(25(33)34-6)14-20(19)30-31)24(32)22(23(18)28)27(4,5)17-10-8-7-9-11-17/h7-15,32H,1-6H3. The maximum Gasteiger partial charge on any atom is 0.337 e. The maximum atomic E-state index is 11.9. The van der Waals surface area contributed by atoms with Gasteiger partial charge < -0.3 is 9.84 Å². The Kier molecular flexibility index (Phi) is 5.90. The minimum atomic E-state index is -0.594. The molecule has 0 fully saturated rings. The molecule has 176 valence electrons. The van der Waals surface area contributed by atoms with Gasteiger partial charge in [0.05, 0.1) is 17.7 Å². The third kappa shape index (κ3) is 4.03. The van der Waals surface area contributed by atoms with E-state index in [-0.39, 0.29) is 11.2 Å². The maximum absolute atomic E-state index is 11.9. The number of halogens is 1. The van der Waals surface area contributed by atoms with Crippen LogP contribution in [0, 0.1) is 0 Å². The zero-order valence-electron chi connectivity index (χ0n) is 20.2. The highest BCUT2D eigenvalue weighted by molar-refractivity contribution is 6.32. The van der Waals surface area contributed by atoms with Crippen LogP contribution in [0.4, 0.5) is 0 Å². The van der Waals surface area contributed by atoms with E-state index in [0.29, 0.717) is 32.9 Å². The van der Waals surface area contributed by atoms with Crippen molar-refractivity contribution < 1.29 is 14.6 Å². The van der Waals surface area contributed by atoms with Gasteiger partial charge in [0.15, 0.2) is 0 Å². The topological polar surface area (TPSA) is 77.2 Å². The molecule has 4 aromatic rings. The van der Waals surface area contributed by atoms with Crippen LogP contribution in [-0.4, -0.2) is 33.2 Å². The molecule has 0 spiro atoms. The number of nitrogens with zero attached hydrogens (tertiary/aromatic N) is 3. The van der Waals surface area contributed by atoms with E-state index < -0.39 is 11.4 Å². The van der Waals surface area contributed by atoms with E-state index in [1.165, 1.54) is 11.9 Å². The molecule has 0 aliphatic carbocycles. The van der Waals surface area contributed by atoms with Gasteiger partial charge in [0, 0.05) is 11.0 Å². The number of benzene rings is 3. The van der Waals surface area contributed by atoms with Crippen molar-refractivity contribution in [1.82, 2.24) is 15.0 Å². The number of phenols is 1. The Morgan fingerprint density at radius 3 is 2.24 bits per heavy atom. The number of fused-ring (bicyclic) bond motifs is 1. The van der Waals surface area contributed by atoms with Crippen molar-refractivity contribution in [3.8, 4) is 11.4 Å². The molecule has 1 N–H and O–H groups in total. The van der Waals surface area contributed by atoms with Crippen molar-refractivity contribution in [2.75, 3.05) is 7.11 Å². The van der Waals surface area contributed by atoms with Crippen LogP contribution >= 0.6 is 11.6 Å². The molecule has 0 unspecified atom stereocenters. The zero-order valence-corrected chi connectivity index (χ0v) is 20.9. The molecule has 1 heterocycles. The van der Waals surface area contributed by atoms with E-state index in [1.807, 2.05) is 50.2 Å². The summed E-state index contributed by atoms with van der Waals surface area (Å²) < 4.78 is 4.81. The lowest BCUT2D eigenvalue weighted by Gasteiger charge is -2.32. The summed E-state index contributed by atoms with van der Waals surface area (Å²) in [6.07, 6.45) is 0. The number of aromatic nitrogens is 3. The summed E-state index contributed by atoms with van der Waals surface area (Å²) in [7, 11) is 1.33. The van der Waals surface area contributed by atoms with Crippen molar-refractivity contribution in [3.05, 3.63) is 81.9 Å². The number of aromatic hydroxyl groups is 1. The zero-order chi connectivity index (χ0) is 24.8. The van der Waals surface area contributed by atoms with Crippen LogP contribution in [0.5, 0.6) is 5.75 Å². The van der Waals surface area contributed by atoms with Gasteiger partial charge in [-0.1, -0.05) is 76.6 Å². The number of hydrogen-bond donors (Lipinski definition) is 1. The van der Waals surface area contributed by atoms with Crippen molar-refractivity contribution >= 4 is 28.6 Å². The molecule has 0 radical (unpaired) electrons. The van der Waals surface area contributed by atoms with Gasteiger partial charge in [-0.3, -0.25) is 0 Å². The van der Waals surface area contributed by atoms with Gasteiger partial charge in [-0.25, -0.2) is 4.79 Å². The monoisotopic (exact) mass is 477 g/mol. The van der Waals surface area contributed by atoms with Gasteiger partial charge in [-0.15, -0.1) is 15.0 Å². The molecular formula is C27H28ClN3O3. The fourth-order valence-corrected chi connectivity index (χ4v) is 4.83. The molecule has 0 aliphatic heterocycles. The molecule has 6 nitrogen and oxygen atoms in total. The molecule has 3 aromatic carbocycles. The Morgan fingerprint density at radius 1 is 0.971 bits per heavy atom. The van der Waals surface area contributed by atoms with Crippen LogP contribution in [0.15, 0.2) is 54.6 Å². The molecule has 0 bridgehead atoms. The number of ether oxygens (including phenoxy) is 1. The Hall–Kier alpha value is -3.38. The molecule has 4 rings (SSSR count).